The number of hydrogen-bond acceptors (Lipinski definition) is 4. The molecule has 0 aliphatic carbocycles. The molecule has 0 radical (unpaired) electrons. The van der Waals surface area contributed by atoms with Gasteiger partial charge in [-0.1, -0.05) is 91.0 Å². The molecule has 0 unspecified atom stereocenters. The number of fused-ring (bicyclic) bond motifs is 1. The van der Waals surface area contributed by atoms with E-state index in [4.69, 9.17) is 10.1 Å². The summed E-state index contributed by atoms with van der Waals surface area (Å²) in [7, 11) is 0. The number of nitriles is 1. The molecule has 2 aromatic heterocycles. The number of para-hydroxylation sites is 1. The summed E-state index contributed by atoms with van der Waals surface area (Å²) in [6, 6.07) is 36.9. The number of thiazole rings is 1. The van der Waals surface area contributed by atoms with Crippen LogP contribution in [-0.2, 0) is 0 Å². The molecule has 0 atom stereocenters. The number of rotatable bonds is 5. The van der Waals surface area contributed by atoms with Crippen molar-refractivity contribution in [1.29, 1.82) is 5.26 Å². The van der Waals surface area contributed by atoms with Crippen molar-refractivity contribution in [3.05, 3.63) is 125 Å². The summed E-state index contributed by atoms with van der Waals surface area (Å²) in [5, 5.41) is 20.0. The molecule has 0 amide bonds. The molecule has 5 heteroatoms. The van der Waals surface area contributed by atoms with Gasteiger partial charge in [-0.3, -0.25) is 0 Å². The molecule has 36 heavy (non-hydrogen) atoms. The summed E-state index contributed by atoms with van der Waals surface area (Å²) in [5.41, 5.74) is 6.08. The Morgan fingerprint density at radius 2 is 1.56 bits per heavy atom. The summed E-state index contributed by atoms with van der Waals surface area (Å²) in [5.74, 6) is 0. The van der Waals surface area contributed by atoms with E-state index in [0.29, 0.717) is 10.6 Å². The van der Waals surface area contributed by atoms with E-state index in [1.165, 1.54) is 11.3 Å². The van der Waals surface area contributed by atoms with Crippen molar-refractivity contribution < 1.29 is 0 Å². The predicted octanol–water partition coefficient (Wildman–Crippen LogP) is 7.88. The average molecular weight is 481 g/mol. The van der Waals surface area contributed by atoms with E-state index in [0.717, 1.165) is 44.5 Å². The van der Waals surface area contributed by atoms with Gasteiger partial charge in [-0.05, 0) is 29.0 Å². The minimum atomic E-state index is 0.510. The van der Waals surface area contributed by atoms with Crippen molar-refractivity contribution in [3.8, 4) is 34.3 Å². The fourth-order valence-electron chi connectivity index (χ4n) is 4.28. The first kappa shape index (κ1) is 21.7. The number of benzene rings is 4. The lowest BCUT2D eigenvalue weighted by Crippen LogP contribution is -1.94. The second-order valence-electron chi connectivity index (χ2n) is 8.31. The largest absolute Gasteiger partial charge is 0.240 e. The molecule has 170 valence electrons. The van der Waals surface area contributed by atoms with Crippen LogP contribution in [0, 0.1) is 11.3 Å². The van der Waals surface area contributed by atoms with E-state index >= 15 is 0 Å². The van der Waals surface area contributed by atoms with Gasteiger partial charge < -0.3 is 0 Å². The molecular formula is C31H20N4S. The van der Waals surface area contributed by atoms with Gasteiger partial charge in [-0.15, -0.1) is 11.3 Å². The highest BCUT2D eigenvalue weighted by Crippen LogP contribution is 2.34. The lowest BCUT2D eigenvalue weighted by atomic mass is 9.99. The Balaban J connectivity index is 1.51. The Morgan fingerprint density at radius 3 is 2.36 bits per heavy atom. The molecule has 2 heterocycles. The maximum absolute atomic E-state index is 10.1. The summed E-state index contributed by atoms with van der Waals surface area (Å²) >= 11 is 1.47. The molecule has 6 aromatic rings. The van der Waals surface area contributed by atoms with Crippen molar-refractivity contribution in [2.24, 2.45) is 0 Å². The Bertz CT molecular complexity index is 1730. The molecule has 4 nitrogen and oxygen atoms in total. The fourth-order valence-corrected chi connectivity index (χ4v) is 5.08. The third-order valence-corrected chi connectivity index (χ3v) is 6.91. The SMILES string of the molecule is N#CC(=Cc1cn(-c2ccccc2)nc1-c1cccc2ccccc12)c1nc(-c2ccccc2)cs1. The molecule has 4 aromatic carbocycles. The zero-order chi connectivity index (χ0) is 24.3. The normalized spacial score (nSPS) is 11.5. The quantitative estimate of drug-likeness (QED) is 0.236. The van der Waals surface area contributed by atoms with Gasteiger partial charge in [-0.25, -0.2) is 9.67 Å². The highest BCUT2D eigenvalue weighted by Gasteiger charge is 2.16. The summed E-state index contributed by atoms with van der Waals surface area (Å²) in [4.78, 5) is 4.77. The zero-order valence-electron chi connectivity index (χ0n) is 19.2. The van der Waals surface area contributed by atoms with E-state index in [-0.39, 0.29) is 0 Å². The first-order valence-electron chi connectivity index (χ1n) is 11.6. The van der Waals surface area contributed by atoms with Crippen LogP contribution in [0.2, 0.25) is 0 Å². The lowest BCUT2D eigenvalue weighted by Gasteiger charge is -2.05. The Morgan fingerprint density at radius 1 is 0.833 bits per heavy atom. The van der Waals surface area contributed by atoms with Crippen LogP contribution in [-0.4, -0.2) is 14.8 Å². The molecule has 0 N–H and O–H groups in total. The topological polar surface area (TPSA) is 54.5 Å². The van der Waals surface area contributed by atoms with Gasteiger partial charge in [0.25, 0.3) is 0 Å². The van der Waals surface area contributed by atoms with Gasteiger partial charge in [0.2, 0.25) is 0 Å². The monoisotopic (exact) mass is 480 g/mol. The van der Waals surface area contributed by atoms with E-state index in [1.54, 1.807) is 0 Å². The van der Waals surface area contributed by atoms with E-state index in [9.17, 15) is 5.26 Å². The van der Waals surface area contributed by atoms with Crippen molar-refractivity contribution in [1.82, 2.24) is 14.8 Å². The van der Waals surface area contributed by atoms with Crippen LogP contribution in [0.3, 0.4) is 0 Å². The molecule has 0 aliphatic heterocycles. The summed E-state index contributed by atoms with van der Waals surface area (Å²) in [6.07, 6.45) is 3.88. The van der Waals surface area contributed by atoms with Crippen LogP contribution in [0.15, 0.2) is 115 Å². The van der Waals surface area contributed by atoms with Crippen LogP contribution < -0.4 is 0 Å². The lowest BCUT2D eigenvalue weighted by molar-refractivity contribution is 0.884. The maximum Gasteiger partial charge on any atom is 0.134 e. The van der Waals surface area contributed by atoms with Gasteiger partial charge in [0, 0.05) is 28.3 Å². The second kappa shape index (κ2) is 9.46. The van der Waals surface area contributed by atoms with Crippen molar-refractivity contribution in [3.63, 3.8) is 0 Å². The number of hydrogen-bond donors (Lipinski definition) is 0. The third kappa shape index (κ3) is 4.11. The van der Waals surface area contributed by atoms with Crippen molar-refractivity contribution in [2.75, 3.05) is 0 Å². The number of allylic oxidation sites excluding steroid dienone is 1. The van der Waals surface area contributed by atoms with Crippen LogP contribution in [0.4, 0.5) is 0 Å². The van der Waals surface area contributed by atoms with Crippen molar-refractivity contribution >= 4 is 33.8 Å². The first-order valence-corrected chi connectivity index (χ1v) is 12.4. The van der Waals surface area contributed by atoms with Gasteiger partial charge in [0.15, 0.2) is 0 Å². The molecule has 0 aliphatic rings. The molecule has 0 spiro atoms. The molecule has 0 fully saturated rings. The molecule has 6 rings (SSSR count). The van der Waals surface area contributed by atoms with Gasteiger partial charge in [0.1, 0.15) is 16.8 Å². The molecule has 0 saturated heterocycles. The maximum atomic E-state index is 10.1. The van der Waals surface area contributed by atoms with Crippen molar-refractivity contribution in [2.45, 2.75) is 0 Å². The fraction of sp³-hybridized carbons (Fsp3) is 0. The van der Waals surface area contributed by atoms with Crippen LogP contribution in [0.25, 0.3) is 50.6 Å². The van der Waals surface area contributed by atoms with Crippen LogP contribution in [0.1, 0.15) is 10.6 Å². The first-order chi connectivity index (χ1) is 17.8. The van der Waals surface area contributed by atoms with Gasteiger partial charge in [0.05, 0.1) is 17.0 Å². The zero-order valence-corrected chi connectivity index (χ0v) is 20.1. The highest BCUT2D eigenvalue weighted by molar-refractivity contribution is 7.11. The Hall–Kier alpha value is -4.79. The summed E-state index contributed by atoms with van der Waals surface area (Å²) in [6.45, 7) is 0. The Kier molecular flexibility index (Phi) is 5.71. The van der Waals surface area contributed by atoms with Crippen LogP contribution >= 0.6 is 11.3 Å². The predicted molar refractivity (Wildman–Crippen MR) is 148 cm³/mol. The smallest absolute Gasteiger partial charge is 0.134 e. The molecule has 0 bridgehead atoms. The Labute approximate surface area is 213 Å². The van der Waals surface area contributed by atoms with E-state index < -0.39 is 0 Å². The van der Waals surface area contributed by atoms with Crippen LogP contribution in [0.5, 0.6) is 0 Å². The number of nitrogens with zero attached hydrogens (tertiary/aromatic N) is 4. The van der Waals surface area contributed by atoms with E-state index in [1.807, 2.05) is 101 Å². The standard InChI is InChI=1S/C31H20N4S/c32-19-24(31-33-29(21-36-31)23-11-3-1-4-12-23)18-25-20-35(26-14-5-2-6-15-26)34-30(25)28-17-9-13-22-10-7-8-16-27(22)28/h1-18,20-21H. The third-order valence-electron chi connectivity index (χ3n) is 6.03. The van der Waals surface area contributed by atoms with Gasteiger partial charge >= 0.3 is 0 Å². The molecule has 0 saturated carbocycles. The highest BCUT2D eigenvalue weighted by atomic mass is 32.1. The molecular weight excluding hydrogens is 460 g/mol. The minimum absolute atomic E-state index is 0.510. The minimum Gasteiger partial charge on any atom is -0.240 e. The second-order valence-corrected chi connectivity index (χ2v) is 9.17. The van der Waals surface area contributed by atoms with E-state index in [2.05, 4.69) is 30.3 Å². The average Bonchev–Trinajstić information content (AvgIpc) is 3.60. The summed E-state index contributed by atoms with van der Waals surface area (Å²) < 4.78 is 1.87. The number of aromatic nitrogens is 3. The van der Waals surface area contributed by atoms with Gasteiger partial charge in [-0.2, -0.15) is 10.4 Å².